The molecule has 0 spiro atoms. The van der Waals surface area contributed by atoms with Crippen molar-refractivity contribution in [3.63, 3.8) is 0 Å². The van der Waals surface area contributed by atoms with Crippen LogP contribution in [0.4, 0.5) is 5.95 Å². The Balaban J connectivity index is 2.17. The average molecular weight is 252 g/mol. The lowest BCUT2D eigenvalue weighted by Gasteiger charge is -2.02. The first-order valence-corrected chi connectivity index (χ1v) is 6.41. The second-order valence-electron chi connectivity index (χ2n) is 4.52. The zero-order valence-electron chi connectivity index (χ0n) is 10.4. The Kier molecular flexibility index (Phi) is 3.15. The van der Waals surface area contributed by atoms with Crippen molar-refractivity contribution >= 4 is 28.2 Å². The van der Waals surface area contributed by atoms with E-state index in [4.69, 9.17) is 0 Å². The summed E-state index contributed by atoms with van der Waals surface area (Å²) in [7, 11) is 0. The predicted octanol–water partition coefficient (Wildman–Crippen LogP) is 2.39. The Morgan fingerprint density at radius 1 is 1.47 bits per heavy atom. The molecule has 92 valence electrons. The molecule has 0 aliphatic rings. The fourth-order valence-corrected chi connectivity index (χ4v) is 2.45. The summed E-state index contributed by atoms with van der Waals surface area (Å²) < 4.78 is 1.77. The number of amides is 1. The van der Waals surface area contributed by atoms with Gasteiger partial charge in [-0.2, -0.15) is 4.98 Å². The number of aryl methyl sites for hydroxylation is 2. The van der Waals surface area contributed by atoms with Crippen molar-refractivity contribution in [3.05, 3.63) is 10.6 Å². The maximum Gasteiger partial charge on any atom is 0.250 e. The van der Waals surface area contributed by atoms with Crippen molar-refractivity contribution in [1.29, 1.82) is 0 Å². The van der Waals surface area contributed by atoms with E-state index in [1.54, 1.807) is 15.9 Å². The largest absolute Gasteiger partial charge is 0.293 e. The van der Waals surface area contributed by atoms with Gasteiger partial charge < -0.3 is 0 Å². The number of thiazole rings is 1. The molecule has 2 heterocycles. The van der Waals surface area contributed by atoms with E-state index in [-0.39, 0.29) is 5.91 Å². The first-order valence-electron chi connectivity index (χ1n) is 5.60. The highest BCUT2D eigenvalue weighted by atomic mass is 32.1. The van der Waals surface area contributed by atoms with Crippen molar-refractivity contribution in [1.82, 2.24) is 14.6 Å². The molecule has 1 N–H and O–H groups in total. The number of carbonyl (C=O) groups is 1. The molecule has 2 aromatic rings. The minimum absolute atomic E-state index is 0.0346. The predicted molar refractivity (Wildman–Crippen MR) is 68.4 cm³/mol. The third kappa shape index (κ3) is 2.46. The number of nitrogens with one attached hydrogen (secondary N) is 1. The van der Waals surface area contributed by atoms with Crippen LogP contribution in [-0.2, 0) is 4.79 Å². The summed E-state index contributed by atoms with van der Waals surface area (Å²) in [5, 5.41) is 6.98. The van der Waals surface area contributed by atoms with Crippen LogP contribution in [0.1, 0.15) is 30.8 Å². The van der Waals surface area contributed by atoms with Crippen molar-refractivity contribution < 1.29 is 4.79 Å². The maximum absolute atomic E-state index is 11.6. The van der Waals surface area contributed by atoms with Crippen molar-refractivity contribution in [3.8, 4) is 0 Å². The molecule has 0 fully saturated rings. The fourth-order valence-electron chi connectivity index (χ4n) is 1.54. The quantitative estimate of drug-likeness (QED) is 0.912. The minimum atomic E-state index is -0.0346. The number of anilines is 1. The van der Waals surface area contributed by atoms with E-state index in [0.717, 1.165) is 10.7 Å². The molecule has 2 aromatic heterocycles. The number of aromatic nitrogens is 3. The summed E-state index contributed by atoms with van der Waals surface area (Å²) in [4.78, 5) is 17.9. The molecule has 17 heavy (non-hydrogen) atoms. The lowest BCUT2D eigenvalue weighted by Crippen LogP contribution is -2.14. The highest BCUT2D eigenvalue weighted by molar-refractivity contribution is 7.17. The van der Waals surface area contributed by atoms with Crippen LogP contribution in [0.2, 0.25) is 0 Å². The number of hydrogen-bond acceptors (Lipinski definition) is 4. The number of nitrogens with zero attached hydrogens (tertiary/aromatic N) is 3. The topological polar surface area (TPSA) is 59.3 Å². The molecule has 0 aliphatic carbocycles. The van der Waals surface area contributed by atoms with Crippen LogP contribution in [0, 0.1) is 19.8 Å². The lowest BCUT2D eigenvalue weighted by atomic mass is 10.1. The van der Waals surface area contributed by atoms with Gasteiger partial charge in [0.05, 0.1) is 5.69 Å². The van der Waals surface area contributed by atoms with E-state index in [1.165, 1.54) is 4.88 Å². The molecule has 0 saturated carbocycles. The van der Waals surface area contributed by atoms with E-state index in [0.29, 0.717) is 18.3 Å². The summed E-state index contributed by atoms with van der Waals surface area (Å²) in [6.07, 6.45) is 0.491. The summed E-state index contributed by atoms with van der Waals surface area (Å²) in [5.74, 6) is 0.695. The third-order valence-electron chi connectivity index (χ3n) is 2.49. The standard InChI is InChI=1S/C11H16N4OS/c1-6(2)5-9(16)12-10-13-11-15(14-10)7(3)8(4)17-11/h6H,5H2,1-4H3,(H,12,14,16). The first kappa shape index (κ1) is 12.0. The highest BCUT2D eigenvalue weighted by Crippen LogP contribution is 2.21. The Labute approximate surface area is 104 Å². The van der Waals surface area contributed by atoms with E-state index in [1.807, 2.05) is 27.7 Å². The fraction of sp³-hybridized carbons (Fsp3) is 0.545. The molecule has 0 saturated heterocycles. The summed E-state index contributed by atoms with van der Waals surface area (Å²) in [6.45, 7) is 8.04. The van der Waals surface area contributed by atoms with Gasteiger partial charge in [-0.3, -0.25) is 10.1 Å². The minimum Gasteiger partial charge on any atom is -0.293 e. The first-order chi connectivity index (χ1) is 7.97. The van der Waals surface area contributed by atoms with Gasteiger partial charge in [0.2, 0.25) is 16.8 Å². The summed E-state index contributed by atoms with van der Waals surface area (Å²) in [5.41, 5.74) is 1.07. The van der Waals surface area contributed by atoms with Gasteiger partial charge in [-0.15, -0.1) is 5.10 Å². The van der Waals surface area contributed by atoms with Crippen LogP contribution in [0.5, 0.6) is 0 Å². The Morgan fingerprint density at radius 2 is 2.18 bits per heavy atom. The van der Waals surface area contributed by atoms with Crippen LogP contribution in [0.3, 0.4) is 0 Å². The van der Waals surface area contributed by atoms with Crippen LogP contribution < -0.4 is 5.32 Å². The lowest BCUT2D eigenvalue weighted by molar-refractivity contribution is -0.116. The molecule has 1 amide bonds. The SMILES string of the molecule is Cc1sc2nc(NC(=O)CC(C)C)nn2c1C. The van der Waals surface area contributed by atoms with E-state index < -0.39 is 0 Å². The second-order valence-corrected chi connectivity index (χ2v) is 5.70. The van der Waals surface area contributed by atoms with E-state index >= 15 is 0 Å². The smallest absolute Gasteiger partial charge is 0.250 e. The number of hydrogen-bond donors (Lipinski definition) is 1. The molecular formula is C11H16N4OS. The van der Waals surface area contributed by atoms with Gasteiger partial charge >= 0.3 is 0 Å². The molecular weight excluding hydrogens is 236 g/mol. The molecule has 2 rings (SSSR count). The number of fused-ring (bicyclic) bond motifs is 1. The van der Waals surface area contributed by atoms with Gasteiger partial charge in [0.15, 0.2) is 0 Å². The zero-order chi connectivity index (χ0) is 12.6. The normalized spacial score (nSPS) is 11.4. The monoisotopic (exact) mass is 252 g/mol. The van der Waals surface area contributed by atoms with Gasteiger partial charge in [-0.1, -0.05) is 25.2 Å². The second kappa shape index (κ2) is 4.44. The molecule has 0 bridgehead atoms. The molecule has 6 heteroatoms. The van der Waals surface area contributed by atoms with Crippen molar-refractivity contribution in [2.24, 2.45) is 5.92 Å². The third-order valence-corrected chi connectivity index (χ3v) is 3.54. The van der Waals surface area contributed by atoms with Crippen molar-refractivity contribution in [2.75, 3.05) is 5.32 Å². The van der Waals surface area contributed by atoms with Crippen LogP contribution in [-0.4, -0.2) is 20.5 Å². The van der Waals surface area contributed by atoms with Gasteiger partial charge in [-0.05, 0) is 19.8 Å². The Morgan fingerprint density at radius 3 is 2.76 bits per heavy atom. The van der Waals surface area contributed by atoms with E-state index in [2.05, 4.69) is 15.4 Å². The molecule has 5 nitrogen and oxygen atoms in total. The Bertz CT molecular complexity index is 555. The molecule has 0 radical (unpaired) electrons. The summed E-state index contributed by atoms with van der Waals surface area (Å²) >= 11 is 1.58. The molecule has 0 unspecified atom stereocenters. The van der Waals surface area contributed by atoms with Gasteiger partial charge in [0, 0.05) is 11.3 Å². The number of carbonyl (C=O) groups excluding carboxylic acids is 1. The van der Waals surface area contributed by atoms with Crippen LogP contribution in [0.25, 0.3) is 4.96 Å². The van der Waals surface area contributed by atoms with Crippen LogP contribution >= 0.6 is 11.3 Å². The van der Waals surface area contributed by atoms with Crippen molar-refractivity contribution in [2.45, 2.75) is 34.1 Å². The van der Waals surface area contributed by atoms with E-state index in [9.17, 15) is 4.79 Å². The molecule has 0 aromatic carbocycles. The number of rotatable bonds is 3. The highest BCUT2D eigenvalue weighted by Gasteiger charge is 2.13. The Hall–Kier alpha value is -1.43. The summed E-state index contributed by atoms with van der Waals surface area (Å²) in [6, 6.07) is 0. The molecule has 0 aliphatic heterocycles. The van der Waals surface area contributed by atoms with Gasteiger partial charge in [0.25, 0.3) is 0 Å². The average Bonchev–Trinajstić information content (AvgIpc) is 2.67. The van der Waals surface area contributed by atoms with Gasteiger partial charge in [-0.25, -0.2) is 4.52 Å². The van der Waals surface area contributed by atoms with Crippen LogP contribution in [0.15, 0.2) is 0 Å². The zero-order valence-corrected chi connectivity index (χ0v) is 11.3. The molecule has 0 atom stereocenters. The maximum atomic E-state index is 11.6. The van der Waals surface area contributed by atoms with Gasteiger partial charge in [0.1, 0.15) is 0 Å².